The van der Waals surface area contributed by atoms with Crippen LogP contribution in [0.5, 0.6) is 0 Å². The number of aromatic nitrogens is 1. The van der Waals surface area contributed by atoms with E-state index in [1.165, 1.54) is 11.3 Å². The summed E-state index contributed by atoms with van der Waals surface area (Å²) < 4.78 is 0. The van der Waals surface area contributed by atoms with E-state index in [0.29, 0.717) is 23.4 Å². The molecule has 0 bridgehead atoms. The lowest BCUT2D eigenvalue weighted by molar-refractivity contribution is -0.144. The predicted molar refractivity (Wildman–Crippen MR) is 70.0 cm³/mol. The molecule has 1 heterocycles. The third-order valence-corrected chi connectivity index (χ3v) is 4.15. The molecule has 0 aliphatic heterocycles. The van der Waals surface area contributed by atoms with Gasteiger partial charge in [0.15, 0.2) is 0 Å². The molecule has 0 saturated carbocycles. The van der Waals surface area contributed by atoms with E-state index >= 15 is 0 Å². The fraction of sp³-hybridized carbons (Fsp3) is 0.583. The molecule has 0 unspecified atom stereocenters. The average Bonchev–Trinajstić information content (AvgIpc) is 2.65. The molecule has 1 amide bonds. The Morgan fingerprint density at radius 3 is 2.22 bits per heavy atom. The van der Waals surface area contributed by atoms with E-state index in [1.807, 2.05) is 6.92 Å². The number of carbonyl (C=O) groups is 2. The second kappa shape index (κ2) is 5.48. The molecule has 1 aromatic rings. The van der Waals surface area contributed by atoms with Crippen molar-refractivity contribution >= 4 is 23.2 Å². The van der Waals surface area contributed by atoms with Gasteiger partial charge < -0.3 is 10.4 Å². The number of hydrogen-bond acceptors (Lipinski definition) is 4. The van der Waals surface area contributed by atoms with Gasteiger partial charge in [0.2, 0.25) is 0 Å². The molecule has 0 spiro atoms. The summed E-state index contributed by atoms with van der Waals surface area (Å²) in [5.41, 5.74) is -0.553. The maximum atomic E-state index is 12.1. The van der Waals surface area contributed by atoms with Crippen molar-refractivity contribution < 1.29 is 14.7 Å². The number of nitrogens with one attached hydrogen (secondary N) is 1. The normalized spacial score (nSPS) is 11.3. The lowest BCUT2D eigenvalue weighted by Gasteiger charge is -2.27. The second-order valence-electron chi connectivity index (χ2n) is 4.20. The van der Waals surface area contributed by atoms with Crippen LogP contribution >= 0.6 is 11.3 Å². The van der Waals surface area contributed by atoms with Gasteiger partial charge in [0.1, 0.15) is 10.4 Å². The van der Waals surface area contributed by atoms with Crippen molar-refractivity contribution in [3.8, 4) is 0 Å². The minimum Gasteiger partial charge on any atom is -0.480 e. The minimum atomic E-state index is -1.19. The lowest BCUT2D eigenvalue weighted by Crippen LogP contribution is -2.53. The summed E-state index contributed by atoms with van der Waals surface area (Å²) in [4.78, 5) is 28.1. The van der Waals surface area contributed by atoms with E-state index in [1.54, 1.807) is 20.8 Å². The Hall–Kier alpha value is -1.43. The number of carbonyl (C=O) groups excluding carboxylic acids is 1. The Labute approximate surface area is 110 Å². The third-order valence-electron chi connectivity index (χ3n) is 3.08. The van der Waals surface area contributed by atoms with Gasteiger partial charge in [-0.25, -0.2) is 9.78 Å². The number of carboxylic acid groups (broad SMARTS) is 1. The number of thiazole rings is 1. The van der Waals surface area contributed by atoms with E-state index in [-0.39, 0.29) is 5.91 Å². The number of rotatable bonds is 5. The lowest BCUT2D eigenvalue weighted by atomic mass is 9.93. The van der Waals surface area contributed by atoms with Crippen LogP contribution in [0.1, 0.15) is 47.1 Å². The van der Waals surface area contributed by atoms with Crippen LogP contribution < -0.4 is 5.32 Å². The van der Waals surface area contributed by atoms with Crippen molar-refractivity contribution in [3.63, 3.8) is 0 Å². The molecule has 0 radical (unpaired) electrons. The van der Waals surface area contributed by atoms with Gasteiger partial charge in [-0.3, -0.25) is 4.79 Å². The molecule has 1 rings (SSSR count). The summed E-state index contributed by atoms with van der Waals surface area (Å²) in [5.74, 6) is -1.36. The second-order valence-corrected chi connectivity index (χ2v) is 5.40. The van der Waals surface area contributed by atoms with Gasteiger partial charge in [0.25, 0.3) is 5.91 Å². The highest BCUT2D eigenvalue weighted by molar-refractivity contribution is 7.13. The average molecular weight is 270 g/mol. The molecule has 0 fully saturated rings. The maximum absolute atomic E-state index is 12.1. The van der Waals surface area contributed by atoms with Crippen LogP contribution in [0.4, 0.5) is 0 Å². The fourth-order valence-electron chi connectivity index (χ4n) is 1.80. The molecule has 0 aliphatic rings. The molecular weight excluding hydrogens is 252 g/mol. The molecule has 0 aromatic carbocycles. The Bertz CT molecular complexity index is 464. The Morgan fingerprint density at radius 1 is 1.33 bits per heavy atom. The SMILES string of the molecule is CCC(CC)(NC(=O)c1sc(C)nc1C)C(=O)O. The van der Waals surface area contributed by atoms with Gasteiger partial charge in [-0.2, -0.15) is 0 Å². The first kappa shape index (κ1) is 14.6. The Morgan fingerprint density at radius 2 is 1.89 bits per heavy atom. The fourth-order valence-corrected chi connectivity index (χ4v) is 2.61. The van der Waals surface area contributed by atoms with Crippen molar-refractivity contribution in [2.24, 2.45) is 0 Å². The van der Waals surface area contributed by atoms with Crippen LogP contribution in [-0.4, -0.2) is 27.5 Å². The van der Waals surface area contributed by atoms with Crippen molar-refractivity contribution in [1.82, 2.24) is 10.3 Å². The molecule has 1 aromatic heterocycles. The largest absolute Gasteiger partial charge is 0.480 e. The summed E-state index contributed by atoms with van der Waals surface area (Å²) in [6.45, 7) is 7.07. The molecule has 0 atom stereocenters. The smallest absolute Gasteiger partial charge is 0.329 e. The van der Waals surface area contributed by atoms with Gasteiger partial charge in [-0.15, -0.1) is 11.3 Å². The van der Waals surface area contributed by atoms with Crippen LogP contribution in [0.25, 0.3) is 0 Å². The topological polar surface area (TPSA) is 79.3 Å². The number of hydrogen-bond donors (Lipinski definition) is 2. The highest BCUT2D eigenvalue weighted by atomic mass is 32.1. The number of aliphatic carboxylic acids is 1. The number of amides is 1. The monoisotopic (exact) mass is 270 g/mol. The van der Waals surface area contributed by atoms with Crippen molar-refractivity contribution in [3.05, 3.63) is 15.6 Å². The molecular formula is C12H18N2O3S. The summed E-state index contributed by atoms with van der Waals surface area (Å²) in [5, 5.41) is 12.7. The van der Waals surface area contributed by atoms with E-state index in [9.17, 15) is 14.7 Å². The van der Waals surface area contributed by atoms with Gasteiger partial charge in [-0.1, -0.05) is 13.8 Å². The van der Waals surface area contributed by atoms with Crippen LogP contribution in [0, 0.1) is 13.8 Å². The molecule has 5 nitrogen and oxygen atoms in total. The standard InChI is InChI=1S/C12H18N2O3S/c1-5-12(6-2,11(16)17)14-10(15)9-7(3)13-8(4)18-9/h5-6H2,1-4H3,(H,14,15)(H,16,17). The van der Waals surface area contributed by atoms with E-state index in [2.05, 4.69) is 10.3 Å². The van der Waals surface area contributed by atoms with Gasteiger partial charge >= 0.3 is 5.97 Å². The van der Waals surface area contributed by atoms with E-state index in [4.69, 9.17) is 0 Å². The third kappa shape index (κ3) is 2.69. The van der Waals surface area contributed by atoms with Crippen molar-refractivity contribution in [1.29, 1.82) is 0 Å². The first-order valence-corrected chi connectivity index (χ1v) is 6.68. The quantitative estimate of drug-likeness (QED) is 0.859. The first-order chi connectivity index (χ1) is 8.36. The highest BCUT2D eigenvalue weighted by Gasteiger charge is 2.37. The summed E-state index contributed by atoms with van der Waals surface area (Å²) in [7, 11) is 0. The Balaban J connectivity index is 2.99. The summed E-state index contributed by atoms with van der Waals surface area (Å²) >= 11 is 1.28. The Kier molecular flexibility index (Phi) is 4.45. The minimum absolute atomic E-state index is 0.349. The van der Waals surface area contributed by atoms with Crippen LogP contribution in [-0.2, 0) is 4.79 Å². The van der Waals surface area contributed by atoms with Crippen LogP contribution in [0.2, 0.25) is 0 Å². The highest BCUT2D eigenvalue weighted by Crippen LogP contribution is 2.21. The zero-order valence-electron chi connectivity index (χ0n) is 11.0. The number of aryl methyl sites for hydroxylation is 2. The van der Waals surface area contributed by atoms with Gasteiger partial charge in [0.05, 0.1) is 10.7 Å². The van der Waals surface area contributed by atoms with Crippen molar-refractivity contribution in [2.45, 2.75) is 46.1 Å². The van der Waals surface area contributed by atoms with Crippen LogP contribution in [0.15, 0.2) is 0 Å². The van der Waals surface area contributed by atoms with E-state index < -0.39 is 11.5 Å². The van der Waals surface area contributed by atoms with Gasteiger partial charge in [-0.05, 0) is 26.7 Å². The molecule has 0 saturated heterocycles. The maximum Gasteiger partial charge on any atom is 0.329 e. The van der Waals surface area contributed by atoms with Gasteiger partial charge in [0, 0.05) is 0 Å². The van der Waals surface area contributed by atoms with Crippen LogP contribution in [0.3, 0.4) is 0 Å². The number of carboxylic acids is 1. The zero-order chi connectivity index (χ0) is 13.9. The summed E-state index contributed by atoms with van der Waals surface area (Å²) in [6, 6.07) is 0. The molecule has 6 heteroatoms. The zero-order valence-corrected chi connectivity index (χ0v) is 11.8. The molecule has 0 aliphatic carbocycles. The van der Waals surface area contributed by atoms with Crippen molar-refractivity contribution in [2.75, 3.05) is 0 Å². The molecule has 100 valence electrons. The first-order valence-electron chi connectivity index (χ1n) is 5.86. The van der Waals surface area contributed by atoms with E-state index in [0.717, 1.165) is 5.01 Å². The molecule has 2 N–H and O–H groups in total. The predicted octanol–water partition coefficient (Wildman–Crippen LogP) is 2.13. The number of nitrogens with zero attached hydrogens (tertiary/aromatic N) is 1. The summed E-state index contributed by atoms with van der Waals surface area (Å²) in [6.07, 6.45) is 0.697. The molecule has 18 heavy (non-hydrogen) atoms.